The maximum atomic E-state index is 12.9. The second kappa shape index (κ2) is 11.5. The third-order valence-corrected chi connectivity index (χ3v) is 5.96. The van der Waals surface area contributed by atoms with Gasteiger partial charge in [0.1, 0.15) is 0 Å². The van der Waals surface area contributed by atoms with Gasteiger partial charge in [-0.3, -0.25) is 19.0 Å². The highest BCUT2D eigenvalue weighted by molar-refractivity contribution is 5.96. The molecular formula is C29H30N4O4. The zero-order valence-corrected chi connectivity index (χ0v) is 21.2. The Hall–Kier alpha value is -4.46. The molecule has 1 N–H and O–H groups in total. The quantitative estimate of drug-likeness (QED) is 0.333. The van der Waals surface area contributed by atoms with E-state index in [2.05, 4.69) is 10.3 Å². The summed E-state index contributed by atoms with van der Waals surface area (Å²) in [6.07, 6.45) is 1.39. The van der Waals surface area contributed by atoms with Crippen LogP contribution in [0.5, 0.6) is 0 Å². The van der Waals surface area contributed by atoms with Gasteiger partial charge in [-0.2, -0.15) is 0 Å². The molecule has 4 aromatic rings. The number of benzene rings is 3. The SMILES string of the molecule is Cc1cccc2c(=O)n(CCC(=O)OCC(=O)N(c3ccc(Nc4ccccc4)cc3)C(C)C)cnc12. The fourth-order valence-corrected chi connectivity index (χ4v) is 4.12. The van der Waals surface area contributed by atoms with Crippen LogP contribution in [0.4, 0.5) is 17.1 Å². The van der Waals surface area contributed by atoms with Crippen LogP contribution in [0.3, 0.4) is 0 Å². The van der Waals surface area contributed by atoms with E-state index in [-0.39, 0.29) is 37.1 Å². The number of aromatic nitrogens is 2. The predicted molar refractivity (Wildman–Crippen MR) is 145 cm³/mol. The molecule has 0 spiro atoms. The number of esters is 1. The zero-order chi connectivity index (χ0) is 26.4. The first kappa shape index (κ1) is 25.6. The number of hydrogen-bond acceptors (Lipinski definition) is 6. The van der Waals surface area contributed by atoms with Crippen LogP contribution in [-0.4, -0.2) is 34.1 Å². The van der Waals surface area contributed by atoms with Crippen molar-refractivity contribution in [2.24, 2.45) is 0 Å². The number of amides is 1. The molecule has 37 heavy (non-hydrogen) atoms. The molecule has 0 fully saturated rings. The number of anilines is 3. The van der Waals surface area contributed by atoms with E-state index in [1.807, 2.05) is 81.4 Å². The van der Waals surface area contributed by atoms with Gasteiger partial charge in [-0.05, 0) is 68.8 Å². The summed E-state index contributed by atoms with van der Waals surface area (Å²) in [5.74, 6) is -0.886. The minimum atomic E-state index is -0.560. The van der Waals surface area contributed by atoms with E-state index in [0.29, 0.717) is 16.6 Å². The first-order chi connectivity index (χ1) is 17.8. The topological polar surface area (TPSA) is 93.5 Å². The van der Waals surface area contributed by atoms with Crippen LogP contribution in [0.2, 0.25) is 0 Å². The molecule has 0 bridgehead atoms. The van der Waals surface area contributed by atoms with Crippen LogP contribution in [0.1, 0.15) is 25.8 Å². The smallest absolute Gasteiger partial charge is 0.308 e. The molecule has 1 heterocycles. The Morgan fingerprint density at radius 2 is 1.68 bits per heavy atom. The second-order valence-electron chi connectivity index (χ2n) is 9.02. The Bertz CT molecular complexity index is 1450. The lowest BCUT2D eigenvalue weighted by Gasteiger charge is -2.27. The van der Waals surface area contributed by atoms with Crippen molar-refractivity contribution in [2.45, 2.75) is 39.8 Å². The first-order valence-corrected chi connectivity index (χ1v) is 12.2. The van der Waals surface area contributed by atoms with Crippen LogP contribution in [0.25, 0.3) is 10.9 Å². The highest BCUT2D eigenvalue weighted by atomic mass is 16.5. The summed E-state index contributed by atoms with van der Waals surface area (Å²) in [5, 5.41) is 3.81. The molecule has 0 atom stereocenters. The summed E-state index contributed by atoms with van der Waals surface area (Å²) in [5.41, 5.74) is 3.92. The molecule has 1 amide bonds. The molecule has 0 unspecified atom stereocenters. The summed E-state index contributed by atoms with van der Waals surface area (Å²) in [7, 11) is 0. The van der Waals surface area contributed by atoms with Crippen molar-refractivity contribution in [3.63, 3.8) is 0 Å². The van der Waals surface area contributed by atoms with E-state index in [9.17, 15) is 14.4 Å². The van der Waals surface area contributed by atoms with Crippen LogP contribution >= 0.6 is 0 Å². The molecule has 190 valence electrons. The Morgan fingerprint density at radius 1 is 0.973 bits per heavy atom. The number of rotatable bonds is 9. The number of carbonyl (C=O) groups excluding carboxylic acids is 2. The highest BCUT2D eigenvalue weighted by Gasteiger charge is 2.21. The molecule has 0 saturated carbocycles. The number of ether oxygens (including phenoxy) is 1. The van der Waals surface area contributed by atoms with Gasteiger partial charge >= 0.3 is 5.97 Å². The van der Waals surface area contributed by atoms with Gasteiger partial charge in [-0.1, -0.05) is 30.3 Å². The molecule has 4 rings (SSSR count). The third kappa shape index (κ3) is 6.22. The van der Waals surface area contributed by atoms with Crippen molar-refractivity contribution in [2.75, 3.05) is 16.8 Å². The molecule has 3 aromatic carbocycles. The fraction of sp³-hybridized carbons (Fsp3) is 0.241. The van der Waals surface area contributed by atoms with Crippen molar-refractivity contribution in [1.29, 1.82) is 0 Å². The molecule has 8 nitrogen and oxygen atoms in total. The number of para-hydroxylation sites is 2. The average molecular weight is 499 g/mol. The first-order valence-electron chi connectivity index (χ1n) is 12.2. The van der Waals surface area contributed by atoms with Gasteiger partial charge in [0.25, 0.3) is 11.5 Å². The van der Waals surface area contributed by atoms with Crippen molar-refractivity contribution in [1.82, 2.24) is 9.55 Å². The van der Waals surface area contributed by atoms with E-state index in [1.165, 1.54) is 10.9 Å². The van der Waals surface area contributed by atoms with E-state index in [1.54, 1.807) is 17.0 Å². The second-order valence-corrected chi connectivity index (χ2v) is 9.02. The van der Waals surface area contributed by atoms with E-state index in [4.69, 9.17) is 4.74 Å². The Labute approximate surface area is 215 Å². The van der Waals surface area contributed by atoms with E-state index >= 15 is 0 Å². The average Bonchev–Trinajstić information content (AvgIpc) is 2.89. The fourth-order valence-electron chi connectivity index (χ4n) is 4.12. The number of carbonyl (C=O) groups is 2. The molecule has 0 radical (unpaired) electrons. The maximum Gasteiger partial charge on any atom is 0.308 e. The summed E-state index contributed by atoms with van der Waals surface area (Å²) in [6.45, 7) is 5.43. The van der Waals surface area contributed by atoms with Gasteiger partial charge in [-0.15, -0.1) is 0 Å². The van der Waals surface area contributed by atoms with Crippen molar-refractivity contribution in [3.8, 4) is 0 Å². The van der Waals surface area contributed by atoms with Crippen LogP contribution < -0.4 is 15.8 Å². The number of fused-ring (bicyclic) bond motifs is 1. The zero-order valence-electron chi connectivity index (χ0n) is 21.2. The maximum absolute atomic E-state index is 12.9. The molecule has 0 aliphatic heterocycles. The molecule has 0 aliphatic carbocycles. The van der Waals surface area contributed by atoms with Crippen LogP contribution in [0, 0.1) is 6.92 Å². The lowest BCUT2D eigenvalue weighted by molar-refractivity contribution is -0.148. The van der Waals surface area contributed by atoms with Crippen molar-refractivity contribution in [3.05, 3.63) is 95.0 Å². The number of nitrogens with one attached hydrogen (secondary N) is 1. The molecule has 0 saturated heterocycles. The van der Waals surface area contributed by atoms with E-state index < -0.39 is 5.97 Å². The lowest BCUT2D eigenvalue weighted by atomic mass is 10.1. The van der Waals surface area contributed by atoms with Gasteiger partial charge in [0.05, 0.1) is 23.7 Å². The summed E-state index contributed by atoms with van der Waals surface area (Å²) in [4.78, 5) is 44.0. The van der Waals surface area contributed by atoms with E-state index in [0.717, 1.165) is 16.9 Å². The summed E-state index contributed by atoms with van der Waals surface area (Å²) in [6, 6.07) is 22.6. The minimum absolute atomic E-state index is 0.0479. The summed E-state index contributed by atoms with van der Waals surface area (Å²) >= 11 is 0. The van der Waals surface area contributed by atoms with Crippen LogP contribution in [-0.2, 0) is 20.9 Å². The molecule has 8 heteroatoms. The number of aryl methyl sites for hydroxylation is 2. The Balaban J connectivity index is 1.34. The van der Waals surface area contributed by atoms with Gasteiger partial charge in [0.2, 0.25) is 0 Å². The predicted octanol–water partition coefficient (Wildman–Crippen LogP) is 4.82. The largest absolute Gasteiger partial charge is 0.455 e. The number of hydrogen-bond donors (Lipinski definition) is 1. The lowest BCUT2D eigenvalue weighted by Crippen LogP contribution is -2.40. The van der Waals surface area contributed by atoms with Crippen molar-refractivity contribution >= 4 is 39.8 Å². The highest BCUT2D eigenvalue weighted by Crippen LogP contribution is 2.23. The standard InChI is InChI=1S/C29H30N4O4/c1-20(2)33(24-14-12-23(13-15-24)31-22-9-5-4-6-10-22)26(34)18-37-27(35)16-17-32-19-30-28-21(3)8-7-11-25(28)29(32)36/h4-15,19-20,31H,16-18H2,1-3H3. The minimum Gasteiger partial charge on any atom is -0.455 e. The van der Waals surface area contributed by atoms with Crippen molar-refractivity contribution < 1.29 is 14.3 Å². The molecule has 1 aromatic heterocycles. The Kier molecular flexibility index (Phi) is 7.98. The number of nitrogens with zero attached hydrogens (tertiary/aromatic N) is 3. The van der Waals surface area contributed by atoms with Gasteiger partial charge in [-0.25, -0.2) is 4.98 Å². The summed E-state index contributed by atoms with van der Waals surface area (Å²) < 4.78 is 6.63. The van der Waals surface area contributed by atoms with Gasteiger partial charge in [0, 0.05) is 29.6 Å². The Morgan fingerprint density at radius 3 is 2.38 bits per heavy atom. The van der Waals surface area contributed by atoms with Crippen LogP contribution in [0.15, 0.2) is 83.9 Å². The molecular weight excluding hydrogens is 468 g/mol. The van der Waals surface area contributed by atoms with Gasteiger partial charge < -0.3 is 15.0 Å². The monoisotopic (exact) mass is 498 g/mol. The van der Waals surface area contributed by atoms with Gasteiger partial charge in [0.15, 0.2) is 6.61 Å². The third-order valence-electron chi connectivity index (χ3n) is 5.96. The molecule has 0 aliphatic rings. The normalized spacial score (nSPS) is 10.9.